The van der Waals surface area contributed by atoms with E-state index >= 15 is 0 Å². The number of carbonyl (C=O) groups excluding carboxylic acids is 2. The molecule has 144 valence electrons. The number of halogens is 3. The van der Waals surface area contributed by atoms with Crippen LogP contribution in [0.3, 0.4) is 0 Å². The van der Waals surface area contributed by atoms with Crippen molar-refractivity contribution in [2.75, 3.05) is 19.0 Å². The maximum atomic E-state index is 12.3. The Morgan fingerprint density at radius 1 is 1.15 bits per heavy atom. The van der Waals surface area contributed by atoms with E-state index in [4.69, 9.17) is 16.3 Å². The molecule has 0 aliphatic rings. The molecule has 0 heterocycles. The molecule has 0 aliphatic carbocycles. The molecule has 2 N–H and O–H groups in total. The molecule has 2 aromatic carbocycles. The third-order valence-electron chi connectivity index (χ3n) is 3.45. The third-order valence-corrected chi connectivity index (χ3v) is 3.76. The van der Waals surface area contributed by atoms with Crippen LogP contribution in [0.1, 0.15) is 15.9 Å². The maximum absolute atomic E-state index is 12.3. The van der Waals surface area contributed by atoms with Crippen molar-refractivity contribution < 1.29 is 27.8 Å². The smallest absolute Gasteiger partial charge is 0.387 e. The first-order chi connectivity index (χ1) is 12.8. The first-order valence-corrected chi connectivity index (χ1v) is 8.15. The molecule has 2 amide bonds. The molecule has 0 fully saturated rings. The van der Waals surface area contributed by atoms with E-state index < -0.39 is 18.4 Å². The molecule has 0 atom stereocenters. The van der Waals surface area contributed by atoms with E-state index in [1.165, 1.54) is 25.3 Å². The predicted molar refractivity (Wildman–Crippen MR) is 96.8 cm³/mol. The summed E-state index contributed by atoms with van der Waals surface area (Å²) in [5, 5.41) is 5.39. The average molecular weight is 399 g/mol. The SMILES string of the molecule is COc1cc(C(=O)NCC(=O)Nc2ccc(C)cc2Cl)ccc1OC(F)F. The lowest BCUT2D eigenvalue weighted by Gasteiger charge is -2.12. The summed E-state index contributed by atoms with van der Waals surface area (Å²) in [6.07, 6.45) is 0. The van der Waals surface area contributed by atoms with Gasteiger partial charge in [-0.1, -0.05) is 17.7 Å². The number of rotatable bonds is 7. The molecule has 27 heavy (non-hydrogen) atoms. The van der Waals surface area contributed by atoms with Crippen LogP contribution in [0.15, 0.2) is 36.4 Å². The van der Waals surface area contributed by atoms with E-state index in [1.54, 1.807) is 18.2 Å². The molecule has 0 saturated heterocycles. The third kappa shape index (κ3) is 5.82. The zero-order valence-electron chi connectivity index (χ0n) is 14.5. The summed E-state index contributed by atoms with van der Waals surface area (Å²) in [5.74, 6) is -1.28. The predicted octanol–water partition coefficient (Wildman–Crippen LogP) is 3.63. The minimum absolute atomic E-state index is 0.0289. The molecule has 9 heteroatoms. The van der Waals surface area contributed by atoms with Crippen molar-refractivity contribution in [2.24, 2.45) is 0 Å². The fraction of sp³-hybridized carbons (Fsp3) is 0.222. The van der Waals surface area contributed by atoms with Gasteiger partial charge >= 0.3 is 6.61 Å². The number of ether oxygens (including phenoxy) is 2. The Morgan fingerprint density at radius 2 is 1.89 bits per heavy atom. The summed E-state index contributed by atoms with van der Waals surface area (Å²) < 4.78 is 33.9. The molecule has 0 spiro atoms. The molecule has 2 aromatic rings. The van der Waals surface area contributed by atoms with Crippen molar-refractivity contribution >= 4 is 29.1 Å². The highest BCUT2D eigenvalue weighted by Crippen LogP contribution is 2.29. The zero-order chi connectivity index (χ0) is 20.0. The second-order valence-electron chi connectivity index (χ2n) is 5.46. The molecular formula is C18H17ClF2N2O4. The Kier molecular flexibility index (Phi) is 6.95. The summed E-state index contributed by atoms with van der Waals surface area (Å²) >= 11 is 6.04. The van der Waals surface area contributed by atoms with E-state index in [0.717, 1.165) is 5.56 Å². The summed E-state index contributed by atoms with van der Waals surface area (Å²) in [7, 11) is 1.26. The van der Waals surface area contributed by atoms with E-state index in [2.05, 4.69) is 15.4 Å². The second kappa shape index (κ2) is 9.18. The molecule has 0 aliphatic heterocycles. The van der Waals surface area contributed by atoms with E-state index in [1.807, 2.05) is 6.92 Å². The number of aryl methyl sites for hydroxylation is 1. The molecule has 2 rings (SSSR count). The molecule has 0 radical (unpaired) electrons. The van der Waals surface area contributed by atoms with Gasteiger partial charge in [-0.3, -0.25) is 9.59 Å². The number of anilines is 1. The number of hydrogen-bond acceptors (Lipinski definition) is 4. The van der Waals surface area contributed by atoms with Crippen LogP contribution in [-0.2, 0) is 4.79 Å². The van der Waals surface area contributed by atoms with Gasteiger partial charge in [0.15, 0.2) is 11.5 Å². The number of benzene rings is 2. The van der Waals surface area contributed by atoms with Gasteiger partial charge in [0.05, 0.1) is 24.4 Å². The van der Waals surface area contributed by atoms with Gasteiger partial charge in [-0.05, 0) is 42.8 Å². The zero-order valence-corrected chi connectivity index (χ0v) is 15.3. The number of carbonyl (C=O) groups is 2. The number of methoxy groups -OCH3 is 1. The Morgan fingerprint density at radius 3 is 2.52 bits per heavy atom. The Labute approximate surface area is 159 Å². The summed E-state index contributed by atoms with van der Waals surface area (Å²) in [5.41, 5.74) is 1.49. The van der Waals surface area contributed by atoms with E-state index in [0.29, 0.717) is 10.7 Å². The van der Waals surface area contributed by atoms with Gasteiger partial charge in [0.25, 0.3) is 5.91 Å². The minimum Gasteiger partial charge on any atom is -0.493 e. The molecular weight excluding hydrogens is 382 g/mol. The van der Waals surface area contributed by atoms with Crippen molar-refractivity contribution in [2.45, 2.75) is 13.5 Å². The topological polar surface area (TPSA) is 76.7 Å². The lowest BCUT2D eigenvalue weighted by atomic mass is 10.2. The highest BCUT2D eigenvalue weighted by Gasteiger charge is 2.15. The van der Waals surface area contributed by atoms with Gasteiger partial charge in [-0.2, -0.15) is 8.78 Å². The molecule has 0 unspecified atom stereocenters. The summed E-state index contributed by atoms with van der Waals surface area (Å²) in [4.78, 5) is 24.1. The molecule has 6 nitrogen and oxygen atoms in total. The Hall–Kier alpha value is -2.87. The number of alkyl halides is 2. The first-order valence-electron chi connectivity index (χ1n) is 7.77. The lowest BCUT2D eigenvalue weighted by Crippen LogP contribution is -2.32. The van der Waals surface area contributed by atoms with Crippen LogP contribution >= 0.6 is 11.6 Å². The van der Waals surface area contributed by atoms with Gasteiger partial charge in [-0.15, -0.1) is 0 Å². The molecule has 0 saturated carbocycles. The van der Waals surface area contributed by atoms with Crippen molar-refractivity contribution in [3.05, 3.63) is 52.5 Å². The van der Waals surface area contributed by atoms with Crippen LogP contribution in [0.5, 0.6) is 11.5 Å². The molecule has 0 aromatic heterocycles. The largest absolute Gasteiger partial charge is 0.493 e. The van der Waals surface area contributed by atoms with Gasteiger partial charge in [0.2, 0.25) is 5.91 Å². The van der Waals surface area contributed by atoms with Gasteiger partial charge in [-0.25, -0.2) is 0 Å². The fourth-order valence-corrected chi connectivity index (χ4v) is 2.46. The standard InChI is InChI=1S/C18H17ClF2N2O4/c1-10-3-5-13(12(19)7-10)23-16(24)9-22-17(25)11-4-6-14(27-18(20)21)15(8-11)26-2/h3-8,18H,9H2,1-2H3,(H,22,25)(H,23,24). The minimum atomic E-state index is -3.02. The van der Waals surface area contributed by atoms with Crippen LogP contribution in [0, 0.1) is 6.92 Å². The van der Waals surface area contributed by atoms with Gasteiger partial charge in [0.1, 0.15) is 0 Å². The second-order valence-corrected chi connectivity index (χ2v) is 5.87. The van der Waals surface area contributed by atoms with Gasteiger partial charge < -0.3 is 20.1 Å². The monoisotopic (exact) mass is 398 g/mol. The summed E-state index contributed by atoms with van der Waals surface area (Å²) in [6, 6.07) is 8.85. The van der Waals surface area contributed by atoms with Crippen molar-refractivity contribution in [3.8, 4) is 11.5 Å². The van der Waals surface area contributed by atoms with E-state index in [-0.39, 0.29) is 23.6 Å². The van der Waals surface area contributed by atoms with Crippen molar-refractivity contribution in [1.29, 1.82) is 0 Å². The number of nitrogens with one attached hydrogen (secondary N) is 2. The number of hydrogen-bond donors (Lipinski definition) is 2. The van der Waals surface area contributed by atoms with Crippen LogP contribution in [0.25, 0.3) is 0 Å². The summed E-state index contributed by atoms with van der Waals surface area (Å²) in [6.45, 7) is -1.46. The quantitative estimate of drug-likeness (QED) is 0.746. The normalized spacial score (nSPS) is 10.4. The van der Waals surface area contributed by atoms with Crippen LogP contribution in [0.2, 0.25) is 5.02 Å². The average Bonchev–Trinajstić information content (AvgIpc) is 2.62. The Balaban J connectivity index is 1.97. The van der Waals surface area contributed by atoms with Crippen LogP contribution < -0.4 is 20.1 Å². The fourth-order valence-electron chi connectivity index (χ4n) is 2.18. The van der Waals surface area contributed by atoms with E-state index in [9.17, 15) is 18.4 Å². The van der Waals surface area contributed by atoms with Gasteiger partial charge in [0, 0.05) is 5.56 Å². The Bertz CT molecular complexity index is 846. The highest BCUT2D eigenvalue weighted by molar-refractivity contribution is 6.33. The number of amides is 2. The van der Waals surface area contributed by atoms with Crippen LogP contribution in [-0.4, -0.2) is 32.1 Å². The van der Waals surface area contributed by atoms with Crippen molar-refractivity contribution in [1.82, 2.24) is 5.32 Å². The van der Waals surface area contributed by atoms with Crippen LogP contribution in [0.4, 0.5) is 14.5 Å². The maximum Gasteiger partial charge on any atom is 0.387 e. The molecule has 0 bridgehead atoms. The first kappa shape index (κ1) is 20.4. The lowest BCUT2D eigenvalue weighted by molar-refractivity contribution is -0.115. The highest BCUT2D eigenvalue weighted by atomic mass is 35.5. The van der Waals surface area contributed by atoms with Crippen molar-refractivity contribution in [3.63, 3.8) is 0 Å².